The average Bonchev–Trinajstić information content (AvgIpc) is 3.34. The van der Waals surface area contributed by atoms with Crippen LogP contribution in [0, 0.1) is 6.92 Å². The van der Waals surface area contributed by atoms with E-state index < -0.39 is 5.97 Å². The zero-order valence-corrected chi connectivity index (χ0v) is 16.3. The number of thiazole rings is 1. The number of nitrogens with zero attached hydrogens (tertiary/aromatic N) is 5. The molecule has 8 nitrogen and oxygen atoms in total. The highest BCUT2D eigenvalue weighted by atomic mass is 32.1. The number of carboxylic acid groups (broad SMARTS) is 1. The van der Waals surface area contributed by atoms with Gasteiger partial charge in [0.1, 0.15) is 0 Å². The number of aromatic carboxylic acids is 1. The zero-order valence-electron chi connectivity index (χ0n) is 15.5. The first-order chi connectivity index (χ1) is 14.1. The number of aromatic nitrogens is 4. The quantitative estimate of drug-likeness (QED) is 0.527. The van der Waals surface area contributed by atoms with E-state index in [4.69, 9.17) is 0 Å². The second-order valence-electron chi connectivity index (χ2n) is 6.67. The van der Waals surface area contributed by atoms with E-state index in [0.29, 0.717) is 23.9 Å². The van der Waals surface area contributed by atoms with Gasteiger partial charge in [-0.15, -0.1) is 10.2 Å². The second kappa shape index (κ2) is 6.78. The number of carbonyl (C=O) groups is 1. The third kappa shape index (κ3) is 2.95. The van der Waals surface area contributed by atoms with Gasteiger partial charge in [0, 0.05) is 23.9 Å². The van der Waals surface area contributed by atoms with Crippen molar-refractivity contribution < 1.29 is 9.90 Å². The molecule has 0 unspecified atom stereocenters. The molecule has 1 aliphatic heterocycles. The molecule has 0 spiro atoms. The summed E-state index contributed by atoms with van der Waals surface area (Å²) in [5, 5.41) is 22.3. The van der Waals surface area contributed by atoms with Crippen LogP contribution in [0.5, 0.6) is 0 Å². The topological polar surface area (TPSA) is 104 Å². The van der Waals surface area contributed by atoms with Crippen LogP contribution in [0.4, 0.5) is 22.5 Å². The summed E-state index contributed by atoms with van der Waals surface area (Å²) in [6.07, 6.45) is 2.23. The van der Waals surface area contributed by atoms with Gasteiger partial charge >= 0.3 is 5.97 Å². The molecular formula is C20H16N6O2S. The van der Waals surface area contributed by atoms with Crippen LogP contribution in [0.15, 0.2) is 42.6 Å². The van der Waals surface area contributed by atoms with E-state index in [1.54, 1.807) is 23.5 Å². The van der Waals surface area contributed by atoms with Crippen LogP contribution < -0.4 is 10.2 Å². The molecule has 2 N–H and O–H groups in total. The molecule has 0 aliphatic carbocycles. The lowest BCUT2D eigenvalue weighted by atomic mass is 10.1. The molecule has 0 bridgehead atoms. The smallest absolute Gasteiger partial charge is 0.356 e. The number of hydrogen-bond donors (Lipinski definition) is 2. The van der Waals surface area contributed by atoms with Crippen molar-refractivity contribution in [1.29, 1.82) is 0 Å². The number of anilines is 4. The largest absolute Gasteiger partial charge is 0.476 e. The number of hydrogen-bond acceptors (Lipinski definition) is 8. The van der Waals surface area contributed by atoms with Crippen LogP contribution >= 0.6 is 11.3 Å². The molecule has 0 radical (unpaired) electrons. The Morgan fingerprint density at radius 3 is 2.90 bits per heavy atom. The van der Waals surface area contributed by atoms with E-state index in [-0.39, 0.29) is 5.69 Å². The average molecular weight is 404 g/mol. The molecule has 144 valence electrons. The predicted octanol–water partition coefficient (Wildman–Crippen LogP) is 3.93. The molecular weight excluding hydrogens is 388 g/mol. The first-order valence-corrected chi connectivity index (χ1v) is 9.88. The number of carboxylic acids is 1. The fourth-order valence-corrected chi connectivity index (χ4v) is 4.41. The molecule has 0 saturated heterocycles. The number of fused-ring (bicyclic) bond motifs is 2. The van der Waals surface area contributed by atoms with Crippen molar-refractivity contribution >= 4 is 50.0 Å². The zero-order chi connectivity index (χ0) is 20.0. The van der Waals surface area contributed by atoms with Gasteiger partial charge in [-0.2, -0.15) is 0 Å². The molecule has 0 atom stereocenters. The Labute approximate surface area is 169 Å². The summed E-state index contributed by atoms with van der Waals surface area (Å²) in [5.74, 6) is 0.273. The van der Waals surface area contributed by atoms with E-state index in [0.717, 1.165) is 32.9 Å². The monoisotopic (exact) mass is 404 g/mol. The summed E-state index contributed by atoms with van der Waals surface area (Å²) in [4.78, 5) is 22.0. The van der Waals surface area contributed by atoms with Gasteiger partial charge in [-0.3, -0.25) is 0 Å². The van der Waals surface area contributed by atoms with Gasteiger partial charge in [0.25, 0.3) is 0 Å². The van der Waals surface area contributed by atoms with Gasteiger partial charge in [0.05, 0.1) is 15.9 Å². The molecule has 5 rings (SSSR count). The second-order valence-corrected chi connectivity index (χ2v) is 7.70. The minimum absolute atomic E-state index is 0.0106. The third-order valence-electron chi connectivity index (χ3n) is 4.96. The molecule has 4 aromatic rings. The molecule has 9 heteroatoms. The third-order valence-corrected chi connectivity index (χ3v) is 5.91. The van der Waals surface area contributed by atoms with Gasteiger partial charge in [-0.1, -0.05) is 23.5 Å². The number of para-hydroxylation sites is 1. The summed E-state index contributed by atoms with van der Waals surface area (Å²) >= 11 is 1.56. The van der Waals surface area contributed by atoms with Crippen molar-refractivity contribution in [3.05, 3.63) is 59.4 Å². The SMILES string of the molecule is Cc1c(Nc2nc3ccccc3s2)nnc2c1CCN2c1cccnc1C(=O)O. The van der Waals surface area contributed by atoms with E-state index in [1.807, 2.05) is 36.1 Å². The lowest BCUT2D eigenvalue weighted by molar-refractivity contribution is 0.0691. The summed E-state index contributed by atoms with van der Waals surface area (Å²) in [7, 11) is 0. The number of benzene rings is 1. The Morgan fingerprint density at radius 1 is 1.21 bits per heavy atom. The van der Waals surface area contributed by atoms with E-state index in [2.05, 4.69) is 25.5 Å². The Morgan fingerprint density at radius 2 is 2.07 bits per heavy atom. The van der Waals surface area contributed by atoms with E-state index >= 15 is 0 Å². The van der Waals surface area contributed by atoms with Crippen LogP contribution in [0.3, 0.4) is 0 Å². The van der Waals surface area contributed by atoms with Crippen LogP contribution in [-0.4, -0.2) is 37.8 Å². The van der Waals surface area contributed by atoms with Crippen molar-refractivity contribution in [2.75, 3.05) is 16.8 Å². The molecule has 0 saturated carbocycles. The summed E-state index contributed by atoms with van der Waals surface area (Å²) in [5.41, 5.74) is 3.51. The Bertz CT molecular complexity index is 1220. The van der Waals surface area contributed by atoms with E-state index in [9.17, 15) is 9.90 Å². The lowest BCUT2D eigenvalue weighted by Gasteiger charge is -2.19. The molecule has 29 heavy (non-hydrogen) atoms. The molecule has 1 aliphatic rings. The summed E-state index contributed by atoms with van der Waals surface area (Å²) in [6.45, 7) is 2.62. The van der Waals surface area contributed by atoms with Crippen LogP contribution in [0.25, 0.3) is 10.2 Å². The predicted molar refractivity (Wildman–Crippen MR) is 112 cm³/mol. The first kappa shape index (κ1) is 17.5. The normalized spacial score (nSPS) is 12.9. The molecule has 0 fully saturated rings. The highest BCUT2D eigenvalue weighted by molar-refractivity contribution is 7.22. The van der Waals surface area contributed by atoms with Gasteiger partial charge in [0.2, 0.25) is 0 Å². The van der Waals surface area contributed by atoms with Gasteiger partial charge in [-0.05, 0) is 37.6 Å². The highest BCUT2D eigenvalue weighted by Gasteiger charge is 2.29. The maximum Gasteiger partial charge on any atom is 0.356 e. The lowest BCUT2D eigenvalue weighted by Crippen LogP contribution is -2.19. The molecule has 0 amide bonds. The maximum atomic E-state index is 11.5. The van der Waals surface area contributed by atoms with Crippen molar-refractivity contribution in [3.8, 4) is 0 Å². The standard InChI is InChI=1S/C20H16N6O2S/c1-11-12-8-10-26(14-6-4-9-21-16(14)19(27)28)18(12)25-24-17(11)23-20-22-13-5-2-3-7-15(13)29-20/h2-7,9H,8,10H2,1H3,(H,27,28)(H,22,23,24). The Balaban J connectivity index is 1.50. The van der Waals surface area contributed by atoms with E-state index in [1.165, 1.54) is 6.20 Å². The fourth-order valence-electron chi connectivity index (χ4n) is 3.55. The van der Waals surface area contributed by atoms with Crippen molar-refractivity contribution in [2.24, 2.45) is 0 Å². The minimum Gasteiger partial charge on any atom is -0.476 e. The maximum absolute atomic E-state index is 11.5. The van der Waals surface area contributed by atoms with Gasteiger partial charge < -0.3 is 15.3 Å². The molecule has 3 aromatic heterocycles. The minimum atomic E-state index is -1.06. The van der Waals surface area contributed by atoms with Crippen LogP contribution in [0.1, 0.15) is 21.6 Å². The first-order valence-electron chi connectivity index (χ1n) is 9.06. The number of rotatable bonds is 4. The fraction of sp³-hybridized carbons (Fsp3) is 0.150. The van der Waals surface area contributed by atoms with Crippen molar-refractivity contribution in [3.63, 3.8) is 0 Å². The Kier molecular flexibility index (Phi) is 4.09. The van der Waals surface area contributed by atoms with Crippen LogP contribution in [0.2, 0.25) is 0 Å². The highest BCUT2D eigenvalue weighted by Crippen LogP contribution is 2.38. The Hall–Kier alpha value is -3.59. The number of nitrogens with one attached hydrogen (secondary N) is 1. The van der Waals surface area contributed by atoms with Crippen LogP contribution in [-0.2, 0) is 6.42 Å². The number of pyridine rings is 1. The molecule has 4 heterocycles. The van der Waals surface area contributed by atoms with Crippen molar-refractivity contribution in [1.82, 2.24) is 20.2 Å². The van der Waals surface area contributed by atoms with Crippen molar-refractivity contribution in [2.45, 2.75) is 13.3 Å². The van der Waals surface area contributed by atoms with Gasteiger partial charge in [0.15, 0.2) is 22.5 Å². The summed E-state index contributed by atoms with van der Waals surface area (Å²) in [6, 6.07) is 11.4. The van der Waals surface area contributed by atoms with Gasteiger partial charge in [-0.25, -0.2) is 14.8 Å². The molecule has 1 aromatic carbocycles. The summed E-state index contributed by atoms with van der Waals surface area (Å²) < 4.78 is 1.10.